The Hall–Kier alpha value is -1.60. The molecule has 0 aliphatic heterocycles. The fourth-order valence-corrected chi connectivity index (χ4v) is 4.87. The third kappa shape index (κ3) is 6.81. The maximum atomic E-state index is 12.7. The molecule has 0 spiro atoms. The van der Waals surface area contributed by atoms with Crippen LogP contribution in [0.5, 0.6) is 0 Å². The maximum absolute atomic E-state index is 12.7. The summed E-state index contributed by atoms with van der Waals surface area (Å²) in [5, 5.41) is 9.57. The average Bonchev–Trinajstić information content (AvgIpc) is 3.07. The number of carbonyl (C=O) groups is 2. The minimum absolute atomic E-state index is 0.0470. The molecular formula is C20H28N2O3S2. The molecule has 0 bridgehead atoms. The molecule has 2 aromatic rings. The first-order chi connectivity index (χ1) is 13.0. The molecular weight excluding hydrogens is 380 g/mol. The Balaban J connectivity index is 1.96. The Morgan fingerprint density at radius 2 is 1.85 bits per heavy atom. The molecule has 0 saturated heterocycles. The van der Waals surface area contributed by atoms with Gasteiger partial charge in [-0.25, -0.2) is 4.98 Å². The fourth-order valence-electron chi connectivity index (χ4n) is 2.70. The number of carbonyl (C=O) groups excluding carboxylic acids is 1. The summed E-state index contributed by atoms with van der Waals surface area (Å²) in [6.07, 6.45) is 4.00. The van der Waals surface area contributed by atoms with Gasteiger partial charge < -0.3 is 10.0 Å². The SMILES string of the molecule is CCCCN(CCCC)C(=O)CC(CSc1nc2ccccc2s1)C(=O)O. The van der Waals surface area contributed by atoms with Gasteiger partial charge in [-0.3, -0.25) is 9.59 Å². The predicted octanol–water partition coefficient (Wildman–Crippen LogP) is 4.91. The zero-order valence-electron chi connectivity index (χ0n) is 16.0. The van der Waals surface area contributed by atoms with Crippen LogP contribution in [0.4, 0.5) is 0 Å². The van der Waals surface area contributed by atoms with Crippen molar-refractivity contribution >= 4 is 45.2 Å². The molecule has 1 N–H and O–H groups in total. The van der Waals surface area contributed by atoms with Crippen molar-refractivity contribution < 1.29 is 14.7 Å². The van der Waals surface area contributed by atoms with E-state index in [1.807, 2.05) is 29.2 Å². The van der Waals surface area contributed by atoms with E-state index in [4.69, 9.17) is 0 Å². The summed E-state index contributed by atoms with van der Waals surface area (Å²) >= 11 is 2.99. The van der Waals surface area contributed by atoms with Gasteiger partial charge in [0.25, 0.3) is 0 Å². The Bertz CT molecular complexity index is 707. The van der Waals surface area contributed by atoms with Crippen molar-refractivity contribution in [2.75, 3.05) is 18.8 Å². The second-order valence-electron chi connectivity index (χ2n) is 6.59. The summed E-state index contributed by atoms with van der Waals surface area (Å²) in [7, 11) is 0. The standard InChI is InChI=1S/C20H28N2O3S2/c1-3-5-11-22(12-6-4-2)18(23)13-15(19(24)25)14-26-20-21-16-9-7-8-10-17(16)27-20/h7-10,15H,3-6,11-14H2,1-2H3,(H,24,25). The molecule has 1 atom stereocenters. The summed E-state index contributed by atoms with van der Waals surface area (Å²) in [5.74, 6) is -1.30. The van der Waals surface area contributed by atoms with E-state index in [9.17, 15) is 14.7 Å². The highest BCUT2D eigenvalue weighted by atomic mass is 32.2. The monoisotopic (exact) mass is 408 g/mol. The quantitative estimate of drug-likeness (QED) is 0.505. The van der Waals surface area contributed by atoms with Gasteiger partial charge in [-0.15, -0.1) is 11.3 Å². The van der Waals surface area contributed by atoms with Gasteiger partial charge in [0.1, 0.15) is 0 Å². The molecule has 1 heterocycles. The highest BCUT2D eigenvalue weighted by molar-refractivity contribution is 8.01. The van der Waals surface area contributed by atoms with E-state index in [0.29, 0.717) is 18.8 Å². The minimum atomic E-state index is -0.914. The van der Waals surface area contributed by atoms with E-state index >= 15 is 0 Å². The first kappa shape index (κ1) is 21.7. The molecule has 0 fully saturated rings. The molecule has 0 radical (unpaired) electrons. The van der Waals surface area contributed by atoms with Gasteiger partial charge in [-0.1, -0.05) is 50.6 Å². The van der Waals surface area contributed by atoms with Crippen LogP contribution < -0.4 is 0 Å². The molecule has 7 heteroatoms. The summed E-state index contributed by atoms with van der Waals surface area (Å²) in [6, 6.07) is 7.87. The Kier molecular flexibility index (Phi) is 9.07. The van der Waals surface area contributed by atoms with Gasteiger partial charge in [0, 0.05) is 25.3 Å². The van der Waals surface area contributed by atoms with Gasteiger partial charge in [-0.2, -0.15) is 0 Å². The van der Waals surface area contributed by atoms with Crippen molar-refractivity contribution in [3.05, 3.63) is 24.3 Å². The van der Waals surface area contributed by atoms with Crippen molar-refractivity contribution in [2.45, 2.75) is 50.3 Å². The number of amides is 1. The number of aliphatic carboxylic acids is 1. The van der Waals surface area contributed by atoms with Gasteiger partial charge >= 0.3 is 5.97 Å². The first-order valence-electron chi connectivity index (χ1n) is 9.54. The first-order valence-corrected chi connectivity index (χ1v) is 11.3. The normalized spacial score (nSPS) is 12.2. The molecule has 148 valence electrons. The van der Waals surface area contributed by atoms with E-state index in [-0.39, 0.29) is 12.3 Å². The summed E-state index contributed by atoms with van der Waals surface area (Å²) in [6.45, 7) is 5.62. The lowest BCUT2D eigenvalue weighted by atomic mass is 10.1. The molecule has 2 rings (SSSR count). The van der Waals surface area contributed by atoms with Gasteiger partial charge in [0.15, 0.2) is 4.34 Å². The molecule has 0 aliphatic rings. The number of fused-ring (bicyclic) bond motifs is 1. The third-order valence-corrected chi connectivity index (χ3v) is 6.71. The van der Waals surface area contributed by atoms with E-state index in [1.54, 1.807) is 11.3 Å². The number of nitrogens with zero attached hydrogens (tertiary/aromatic N) is 2. The van der Waals surface area contributed by atoms with Crippen molar-refractivity contribution in [3.63, 3.8) is 0 Å². The van der Waals surface area contributed by atoms with E-state index in [2.05, 4.69) is 18.8 Å². The second kappa shape index (κ2) is 11.3. The van der Waals surface area contributed by atoms with E-state index < -0.39 is 11.9 Å². The lowest BCUT2D eigenvalue weighted by Crippen LogP contribution is -2.35. The lowest BCUT2D eigenvalue weighted by molar-refractivity contribution is -0.145. The lowest BCUT2D eigenvalue weighted by Gasteiger charge is -2.24. The zero-order valence-corrected chi connectivity index (χ0v) is 17.7. The van der Waals surface area contributed by atoms with Crippen LogP contribution in [-0.2, 0) is 9.59 Å². The summed E-state index contributed by atoms with van der Waals surface area (Å²) in [4.78, 5) is 30.7. The fraction of sp³-hybridized carbons (Fsp3) is 0.550. The Morgan fingerprint density at radius 3 is 2.44 bits per heavy atom. The number of hydrogen-bond donors (Lipinski definition) is 1. The van der Waals surface area contributed by atoms with Gasteiger partial charge in [0.05, 0.1) is 16.1 Å². The largest absolute Gasteiger partial charge is 0.481 e. The van der Waals surface area contributed by atoms with Crippen LogP contribution in [0.2, 0.25) is 0 Å². The predicted molar refractivity (Wildman–Crippen MR) is 112 cm³/mol. The molecule has 1 amide bonds. The van der Waals surface area contributed by atoms with Crippen LogP contribution in [0, 0.1) is 5.92 Å². The number of thioether (sulfide) groups is 1. The molecule has 5 nitrogen and oxygen atoms in total. The van der Waals surface area contributed by atoms with Crippen LogP contribution >= 0.6 is 23.1 Å². The molecule has 27 heavy (non-hydrogen) atoms. The van der Waals surface area contributed by atoms with Crippen molar-refractivity contribution in [3.8, 4) is 0 Å². The smallest absolute Gasteiger partial charge is 0.307 e. The van der Waals surface area contributed by atoms with Crippen LogP contribution in [0.25, 0.3) is 10.2 Å². The number of carboxylic acids is 1. The van der Waals surface area contributed by atoms with Crippen LogP contribution in [-0.4, -0.2) is 45.7 Å². The molecule has 1 aromatic carbocycles. The number of para-hydroxylation sites is 1. The average molecular weight is 409 g/mol. The van der Waals surface area contributed by atoms with Gasteiger partial charge in [-0.05, 0) is 25.0 Å². The Morgan fingerprint density at radius 1 is 1.19 bits per heavy atom. The van der Waals surface area contributed by atoms with Crippen molar-refractivity contribution in [1.29, 1.82) is 0 Å². The topological polar surface area (TPSA) is 70.5 Å². The summed E-state index contributed by atoms with van der Waals surface area (Å²) < 4.78 is 1.94. The number of hydrogen-bond acceptors (Lipinski definition) is 5. The molecule has 0 saturated carbocycles. The van der Waals surface area contributed by atoms with Crippen LogP contribution in [0.1, 0.15) is 46.0 Å². The van der Waals surface area contributed by atoms with Crippen LogP contribution in [0.3, 0.4) is 0 Å². The number of aromatic nitrogens is 1. The maximum Gasteiger partial charge on any atom is 0.307 e. The second-order valence-corrected chi connectivity index (χ2v) is 8.88. The number of unbranched alkanes of at least 4 members (excludes halogenated alkanes) is 2. The number of rotatable bonds is 12. The van der Waals surface area contributed by atoms with Crippen molar-refractivity contribution in [2.24, 2.45) is 5.92 Å². The Labute approximate surface area is 169 Å². The summed E-state index contributed by atoms with van der Waals surface area (Å²) in [5.41, 5.74) is 0.929. The molecule has 0 aliphatic carbocycles. The van der Waals surface area contributed by atoms with Crippen molar-refractivity contribution in [1.82, 2.24) is 9.88 Å². The van der Waals surface area contributed by atoms with Crippen LogP contribution in [0.15, 0.2) is 28.6 Å². The molecule has 1 aromatic heterocycles. The number of benzene rings is 1. The number of thiazole rings is 1. The van der Waals surface area contributed by atoms with E-state index in [1.165, 1.54) is 11.8 Å². The number of carboxylic acid groups (broad SMARTS) is 1. The third-order valence-electron chi connectivity index (χ3n) is 4.37. The minimum Gasteiger partial charge on any atom is -0.481 e. The molecule has 1 unspecified atom stereocenters. The zero-order chi connectivity index (χ0) is 19.6. The highest BCUT2D eigenvalue weighted by Gasteiger charge is 2.25. The van der Waals surface area contributed by atoms with E-state index in [0.717, 1.165) is 40.2 Å². The highest BCUT2D eigenvalue weighted by Crippen LogP contribution is 2.31. The van der Waals surface area contributed by atoms with Gasteiger partial charge in [0.2, 0.25) is 5.91 Å².